The lowest BCUT2D eigenvalue weighted by Crippen LogP contribution is -2.21. The summed E-state index contributed by atoms with van der Waals surface area (Å²) in [5.74, 6) is 0.750. The zero-order valence-electron chi connectivity index (χ0n) is 11.9. The Morgan fingerprint density at radius 3 is 2.70 bits per heavy atom. The van der Waals surface area contributed by atoms with E-state index in [-0.39, 0.29) is 11.8 Å². The number of hydrogen-bond acceptors (Lipinski definition) is 5. The van der Waals surface area contributed by atoms with Crippen molar-refractivity contribution in [1.29, 1.82) is 0 Å². The highest BCUT2D eigenvalue weighted by atomic mass is 32.2. The number of sulfone groups is 1. The van der Waals surface area contributed by atoms with Crippen molar-refractivity contribution in [3.8, 4) is 0 Å². The second-order valence-corrected chi connectivity index (χ2v) is 7.56. The topological polar surface area (TPSA) is 90.9 Å². The van der Waals surface area contributed by atoms with E-state index in [2.05, 4.69) is 9.97 Å². The maximum Gasteiger partial charge on any atom is 0.160 e. The van der Waals surface area contributed by atoms with Crippen LogP contribution < -0.4 is 5.73 Å². The zero-order chi connectivity index (χ0) is 14.9. The summed E-state index contributed by atoms with van der Waals surface area (Å²) in [4.78, 5) is 8.86. The lowest BCUT2D eigenvalue weighted by molar-refractivity contribution is 0.529. The van der Waals surface area contributed by atoms with E-state index in [4.69, 9.17) is 5.73 Å². The Morgan fingerprint density at radius 2 is 2.10 bits per heavy atom. The first-order valence-corrected chi connectivity index (χ1v) is 8.62. The number of imidazole rings is 1. The molecule has 0 radical (unpaired) electrons. The highest BCUT2D eigenvalue weighted by molar-refractivity contribution is 7.90. The Balaban J connectivity index is 2.40. The molecule has 7 heteroatoms. The van der Waals surface area contributed by atoms with Crippen molar-refractivity contribution >= 4 is 21.0 Å². The molecule has 2 aromatic rings. The lowest BCUT2D eigenvalue weighted by Gasteiger charge is -2.16. The smallest absolute Gasteiger partial charge is 0.160 e. The molecule has 2 rings (SSSR count). The molecule has 0 aromatic carbocycles. The van der Waals surface area contributed by atoms with Gasteiger partial charge in [0.25, 0.3) is 0 Å². The van der Waals surface area contributed by atoms with Gasteiger partial charge in [0.2, 0.25) is 0 Å². The van der Waals surface area contributed by atoms with Gasteiger partial charge in [-0.1, -0.05) is 0 Å². The minimum atomic E-state index is -3.02. The van der Waals surface area contributed by atoms with Gasteiger partial charge < -0.3 is 10.3 Å². The van der Waals surface area contributed by atoms with Crippen LogP contribution in [-0.4, -0.2) is 35.0 Å². The van der Waals surface area contributed by atoms with Crippen molar-refractivity contribution in [2.45, 2.75) is 32.4 Å². The third kappa shape index (κ3) is 3.16. The number of fused-ring (bicyclic) bond motifs is 1. The Labute approximate surface area is 118 Å². The summed E-state index contributed by atoms with van der Waals surface area (Å²) in [5.41, 5.74) is 7.70. The number of aromatic nitrogens is 3. The van der Waals surface area contributed by atoms with Gasteiger partial charge in [0.05, 0.1) is 11.8 Å². The van der Waals surface area contributed by atoms with Gasteiger partial charge in [-0.25, -0.2) is 18.4 Å². The highest BCUT2D eigenvalue weighted by Crippen LogP contribution is 2.24. The van der Waals surface area contributed by atoms with Crippen molar-refractivity contribution < 1.29 is 8.42 Å². The fraction of sp³-hybridized carbons (Fsp3) is 0.538. The fourth-order valence-corrected chi connectivity index (χ4v) is 2.87. The van der Waals surface area contributed by atoms with Crippen molar-refractivity contribution in [3.05, 3.63) is 24.2 Å². The van der Waals surface area contributed by atoms with Gasteiger partial charge in [0, 0.05) is 18.5 Å². The Morgan fingerprint density at radius 1 is 1.40 bits per heavy atom. The molecule has 1 atom stereocenters. The predicted molar refractivity (Wildman–Crippen MR) is 79.2 cm³/mol. The van der Waals surface area contributed by atoms with E-state index in [1.165, 1.54) is 6.26 Å². The summed E-state index contributed by atoms with van der Waals surface area (Å²) in [6.07, 6.45) is 3.29. The number of pyridine rings is 1. The van der Waals surface area contributed by atoms with Gasteiger partial charge in [0.15, 0.2) is 5.65 Å². The summed E-state index contributed by atoms with van der Waals surface area (Å²) in [7, 11) is -3.02. The molecule has 0 aliphatic carbocycles. The van der Waals surface area contributed by atoms with E-state index in [1.54, 1.807) is 6.20 Å². The van der Waals surface area contributed by atoms with Crippen LogP contribution in [0.15, 0.2) is 18.3 Å². The fourth-order valence-electron chi connectivity index (χ4n) is 2.19. The van der Waals surface area contributed by atoms with Gasteiger partial charge in [0.1, 0.15) is 21.2 Å². The minimum Gasteiger partial charge on any atom is -0.321 e. The molecule has 1 unspecified atom stereocenters. The molecular formula is C13H20N4O2S. The second kappa shape index (κ2) is 5.49. The molecule has 0 amide bonds. The van der Waals surface area contributed by atoms with Crippen molar-refractivity contribution in [2.24, 2.45) is 5.73 Å². The third-order valence-corrected chi connectivity index (χ3v) is 4.10. The largest absolute Gasteiger partial charge is 0.321 e. The van der Waals surface area contributed by atoms with E-state index < -0.39 is 15.9 Å². The van der Waals surface area contributed by atoms with E-state index in [0.717, 1.165) is 11.2 Å². The lowest BCUT2D eigenvalue weighted by atomic mass is 10.2. The van der Waals surface area contributed by atoms with Crippen LogP contribution in [0.4, 0.5) is 0 Å². The van der Waals surface area contributed by atoms with Crippen LogP contribution in [0.25, 0.3) is 11.2 Å². The van der Waals surface area contributed by atoms with Crippen molar-refractivity contribution in [2.75, 3.05) is 12.0 Å². The number of rotatable bonds is 5. The first-order valence-electron chi connectivity index (χ1n) is 6.55. The molecule has 0 saturated carbocycles. The molecular weight excluding hydrogens is 276 g/mol. The van der Waals surface area contributed by atoms with Crippen LogP contribution in [0.2, 0.25) is 0 Å². The van der Waals surface area contributed by atoms with Gasteiger partial charge in [-0.3, -0.25) is 0 Å². The summed E-state index contributed by atoms with van der Waals surface area (Å²) >= 11 is 0. The molecule has 0 spiro atoms. The molecule has 6 nitrogen and oxygen atoms in total. The summed E-state index contributed by atoms with van der Waals surface area (Å²) in [6, 6.07) is 3.45. The Hall–Kier alpha value is -1.47. The van der Waals surface area contributed by atoms with Gasteiger partial charge in [-0.15, -0.1) is 0 Å². The maximum atomic E-state index is 11.3. The van der Waals surface area contributed by atoms with E-state index in [0.29, 0.717) is 12.2 Å². The average Bonchev–Trinajstić information content (AvgIpc) is 2.74. The minimum absolute atomic E-state index is 0.0584. The molecule has 0 aliphatic rings. The van der Waals surface area contributed by atoms with Crippen molar-refractivity contribution in [1.82, 2.24) is 14.5 Å². The number of hydrogen-bond donors (Lipinski definition) is 1. The Bertz CT molecular complexity index is 706. The molecule has 2 aromatic heterocycles. The van der Waals surface area contributed by atoms with Crippen LogP contribution >= 0.6 is 0 Å². The molecule has 0 bridgehead atoms. The normalized spacial score (nSPS) is 14.1. The SMILES string of the molecule is CC(C)n1c(C(N)CCS(C)(=O)=O)nc2cccnc21. The van der Waals surface area contributed by atoms with Crippen LogP contribution in [0.1, 0.15) is 38.2 Å². The first kappa shape index (κ1) is 14.9. The van der Waals surface area contributed by atoms with Crippen LogP contribution in [-0.2, 0) is 9.84 Å². The summed E-state index contributed by atoms with van der Waals surface area (Å²) < 4.78 is 24.5. The van der Waals surface area contributed by atoms with E-state index in [9.17, 15) is 8.42 Å². The number of nitrogens with zero attached hydrogens (tertiary/aromatic N) is 3. The van der Waals surface area contributed by atoms with Crippen LogP contribution in [0.3, 0.4) is 0 Å². The molecule has 0 saturated heterocycles. The molecule has 2 heterocycles. The van der Waals surface area contributed by atoms with Gasteiger partial charge >= 0.3 is 0 Å². The third-order valence-electron chi connectivity index (χ3n) is 3.12. The monoisotopic (exact) mass is 296 g/mol. The molecule has 0 fully saturated rings. The van der Waals surface area contributed by atoms with E-state index in [1.807, 2.05) is 30.5 Å². The van der Waals surface area contributed by atoms with Crippen molar-refractivity contribution in [3.63, 3.8) is 0 Å². The van der Waals surface area contributed by atoms with Crippen LogP contribution in [0.5, 0.6) is 0 Å². The summed E-state index contributed by atoms with van der Waals surface area (Å²) in [6.45, 7) is 4.06. The highest BCUT2D eigenvalue weighted by Gasteiger charge is 2.20. The molecule has 2 N–H and O–H groups in total. The molecule has 0 aliphatic heterocycles. The average molecular weight is 296 g/mol. The second-order valence-electron chi connectivity index (χ2n) is 5.30. The zero-order valence-corrected chi connectivity index (χ0v) is 12.8. The maximum absolute atomic E-state index is 11.3. The quantitative estimate of drug-likeness (QED) is 0.901. The first-order chi connectivity index (χ1) is 9.29. The van der Waals surface area contributed by atoms with Gasteiger partial charge in [-0.05, 0) is 32.4 Å². The van der Waals surface area contributed by atoms with Crippen LogP contribution in [0, 0.1) is 0 Å². The molecule has 110 valence electrons. The summed E-state index contributed by atoms with van der Waals surface area (Å²) in [5, 5.41) is 0. The Kier molecular flexibility index (Phi) is 4.10. The standard InChI is InChI=1S/C13H20N4O2S/c1-9(2)17-12(10(14)6-8-20(3,18)19)16-11-5-4-7-15-13(11)17/h4-5,7,9-10H,6,8,14H2,1-3H3. The molecule has 20 heavy (non-hydrogen) atoms. The predicted octanol–water partition coefficient (Wildman–Crippen LogP) is 1.45. The van der Waals surface area contributed by atoms with E-state index >= 15 is 0 Å². The van der Waals surface area contributed by atoms with Gasteiger partial charge in [-0.2, -0.15) is 0 Å². The number of nitrogens with two attached hydrogens (primary N) is 1.